The van der Waals surface area contributed by atoms with E-state index in [1.165, 1.54) is 0 Å². The molecule has 1 aromatic heterocycles. The summed E-state index contributed by atoms with van der Waals surface area (Å²) in [7, 11) is 0. The molecule has 0 amide bonds. The second-order valence-corrected chi connectivity index (χ2v) is 2.46. The van der Waals surface area contributed by atoms with Crippen LogP contribution in [-0.2, 0) is 6.54 Å². The molecule has 0 spiro atoms. The molecule has 0 fully saturated rings. The molecule has 0 aliphatic carbocycles. The molecule has 0 radical (unpaired) electrons. The van der Waals surface area contributed by atoms with Crippen LogP contribution >= 0.6 is 0 Å². The summed E-state index contributed by atoms with van der Waals surface area (Å²) in [4.78, 5) is 2.82. The molecule has 8 heteroatoms. The Morgan fingerprint density at radius 2 is 1.93 bits per heavy atom. The third-order valence-electron chi connectivity index (χ3n) is 1.45. The topological polar surface area (TPSA) is 48.1 Å². The van der Waals surface area contributed by atoms with Gasteiger partial charge in [0, 0.05) is 12.1 Å². The van der Waals surface area contributed by atoms with Crippen LogP contribution in [-0.4, -0.2) is 11.3 Å². The lowest BCUT2D eigenvalue weighted by Gasteiger charge is -2.10. The van der Waals surface area contributed by atoms with E-state index in [1.54, 1.807) is 0 Å². The summed E-state index contributed by atoms with van der Waals surface area (Å²) >= 11 is 0. The average Bonchev–Trinajstić information content (AvgIpc) is 2.09. The summed E-state index contributed by atoms with van der Waals surface area (Å²) in [6.45, 7) is -0.589. The maximum absolute atomic E-state index is 13.1. The van der Waals surface area contributed by atoms with Gasteiger partial charge in [-0.25, -0.2) is 13.8 Å². The molecule has 0 bridgehead atoms. The molecule has 0 aliphatic heterocycles. The quantitative estimate of drug-likeness (QED) is 0.784. The summed E-state index contributed by atoms with van der Waals surface area (Å²) in [6.07, 6.45) is -4.68. The minimum atomic E-state index is -5.09. The van der Waals surface area contributed by atoms with Gasteiger partial charge in [0.05, 0.1) is 6.20 Å². The largest absolute Gasteiger partial charge is 0.574 e. The predicted octanol–water partition coefficient (Wildman–Crippen LogP) is 1.72. The van der Waals surface area contributed by atoms with E-state index < -0.39 is 36.0 Å². The molecule has 2 N–H and O–H groups in total. The zero-order valence-electron chi connectivity index (χ0n) is 7.11. The van der Waals surface area contributed by atoms with Crippen LogP contribution in [0.2, 0.25) is 0 Å². The number of pyridine rings is 1. The fraction of sp³-hybridized carbons (Fsp3) is 0.286. The highest BCUT2D eigenvalue weighted by atomic mass is 19.4. The van der Waals surface area contributed by atoms with Gasteiger partial charge in [0.25, 0.3) is 5.88 Å². The first-order chi connectivity index (χ1) is 6.85. The Morgan fingerprint density at radius 3 is 2.40 bits per heavy atom. The van der Waals surface area contributed by atoms with Gasteiger partial charge in [-0.2, -0.15) is 0 Å². The van der Waals surface area contributed by atoms with Crippen LogP contribution in [0.4, 0.5) is 22.0 Å². The number of ether oxygens (including phenoxy) is 1. The molecule has 1 heterocycles. The zero-order chi connectivity index (χ0) is 11.6. The Balaban J connectivity index is 3.11. The molecule has 0 aliphatic rings. The number of hydrogen-bond acceptors (Lipinski definition) is 3. The molecule has 0 atom stereocenters. The second kappa shape index (κ2) is 3.97. The van der Waals surface area contributed by atoms with Gasteiger partial charge in [-0.05, 0) is 0 Å². The lowest BCUT2D eigenvalue weighted by Crippen LogP contribution is -2.20. The minimum absolute atomic E-state index is 0.409. The van der Waals surface area contributed by atoms with Crippen LogP contribution in [0, 0.1) is 11.6 Å². The number of hydrogen-bond donors (Lipinski definition) is 1. The third kappa shape index (κ3) is 2.75. The van der Waals surface area contributed by atoms with Crippen molar-refractivity contribution in [2.75, 3.05) is 0 Å². The molecule has 84 valence electrons. The van der Waals surface area contributed by atoms with Crippen molar-refractivity contribution in [2.24, 2.45) is 5.73 Å². The van der Waals surface area contributed by atoms with Crippen molar-refractivity contribution in [3.05, 3.63) is 23.4 Å². The Bertz CT molecular complexity index is 365. The first-order valence-corrected chi connectivity index (χ1v) is 3.64. The highest BCUT2D eigenvalue weighted by Gasteiger charge is 2.34. The summed E-state index contributed by atoms with van der Waals surface area (Å²) in [5.74, 6) is -4.01. The van der Waals surface area contributed by atoms with Gasteiger partial charge in [-0.1, -0.05) is 0 Å². The van der Waals surface area contributed by atoms with Gasteiger partial charge < -0.3 is 10.5 Å². The molecule has 0 unspecified atom stereocenters. The Hall–Kier alpha value is -1.44. The van der Waals surface area contributed by atoms with E-state index in [2.05, 4.69) is 9.72 Å². The van der Waals surface area contributed by atoms with E-state index in [-0.39, 0.29) is 0 Å². The molecule has 1 aromatic rings. The zero-order valence-corrected chi connectivity index (χ0v) is 7.11. The van der Waals surface area contributed by atoms with E-state index in [0.717, 1.165) is 0 Å². The van der Waals surface area contributed by atoms with Crippen molar-refractivity contribution in [3.8, 4) is 5.88 Å². The predicted molar refractivity (Wildman–Crippen MR) is 38.7 cm³/mol. The first-order valence-electron chi connectivity index (χ1n) is 3.64. The van der Waals surface area contributed by atoms with Crippen molar-refractivity contribution >= 4 is 0 Å². The number of nitrogens with two attached hydrogens (primary N) is 1. The molecule has 0 aromatic carbocycles. The van der Waals surface area contributed by atoms with Gasteiger partial charge >= 0.3 is 6.36 Å². The molecule has 1 rings (SSSR count). The maximum atomic E-state index is 13.1. The van der Waals surface area contributed by atoms with Gasteiger partial charge in [0.1, 0.15) is 5.82 Å². The Labute approximate surface area is 80.7 Å². The maximum Gasteiger partial charge on any atom is 0.574 e. The normalized spacial score (nSPS) is 11.6. The number of alkyl halides is 3. The number of rotatable bonds is 2. The van der Waals surface area contributed by atoms with Gasteiger partial charge in [0.2, 0.25) is 0 Å². The van der Waals surface area contributed by atoms with Crippen LogP contribution in [0.25, 0.3) is 0 Å². The Kier molecular flexibility index (Phi) is 3.08. The second-order valence-electron chi connectivity index (χ2n) is 2.46. The fourth-order valence-corrected chi connectivity index (χ4v) is 0.852. The molecule has 3 nitrogen and oxygen atoms in total. The molecule has 0 saturated carbocycles. The first kappa shape index (κ1) is 11.6. The van der Waals surface area contributed by atoms with Crippen molar-refractivity contribution in [2.45, 2.75) is 12.9 Å². The molecule has 15 heavy (non-hydrogen) atoms. The standard InChI is InChI=1S/C7H5F5N2O/c8-4-2-14-6(15-7(10,11)12)5(9)3(4)1-13/h2H,1,13H2. The van der Waals surface area contributed by atoms with Crippen LogP contribution in [0.1, 0.15) is 5.56 Å². The van der Waals surface area contributed by atoms with E-state index in [1.807, 2.05) is 0 Å². The minimum Gasteiger partial charge on any atom is -0.385 e. The van der Waals surface area contributed by atoms with Gasteiger partial charge in [-0.15, -0.1) is 13.2 Å². The molecule has 0 saturated heterocycles. The number of aromatic nitrogens is 1. The monoisotopic (exact) mass is 228 g/mol. The van der Waals surface area contributed by atoms with Crippen LogP contribution in [0.15, 0.2) is 6.20 Å². The van der Waals surface area contributed by atoms with E-state index in [4.69, 9.17) is 5.73 Å². The van der Waals surface area contributed by atoms with Crippen LogP contribution < -0.4 is 10.5 Å². The SMILES string of the molecule is NCc1c(F)cnc(OC(F)(F)F)c1F. The van der Waals surface area contributed by atoms with E-state index in [9.17, 15) is 22.0 Å². The smallest absolute Gasteiger partial charge is 0.385 e. The van der Waals surface area contributed by atoms with Crippen molar-refractivity contribution in [1.29, 1.82) is 0 Å². The van der Waals surface area contributed by atoms with Crippen LogP contribution in [0.3, 0.4) is 0 Å². The third-order valence-corrected chi connectivity index (χ3v) is 1.45. The summed E-state index contributed by atoms with van der Waals surface area (Å²) < 4.78 is 64.1. The van der Waals surface area contributed by atoms with Gasteiger partial charge in [-0.3, -0.25) is 0 Å². The molecular formula is C7H5F5N2O. The fourth-order valence-electron chi connectivity index (χ4n) is 0.852. The Morgan fingerprint density at radius 1 is 1.33 bits per heavy atom. The highest BCUT2D eigenvalue weighted by molar-refractivity contribution is 5.25. The summed E-state index contributed by atoms with van der Waals surface area (Å²) in [5.41, 5.74) is 4.24. The van der Waals surface area contributed by atoms with E-state index >= 15 is 0 Å². The number of halogens is 5. The highest BCUT2D eigenvalue weighted by Crippen LogP contribution is 2.25. The average molecular weight is 228 g/mol. The summed E-state index contributed by atoms with van der Waals surface area (Å²) in [5, 5.41) is 0. The lowest BCUT2D eigenvalue weighted by molar-refractivity contribution is -0.277. The van der Waals surface area contributed by atoms with E-state index in [0.29, 0.717) is 6.20 Å². The lowest BCUT2D eigenvalue weighted by atomic mass is 10.2. The summed E-state index contributed by atoms with van der Waals surface area (Å²) in [6, 6.07) is 0. The van der Waals surface area contributed by atoms with Crippen molar-refractivity contribution in [3.63, 3.8) is 0 Å². The van der Waals surface area contributed by atoms with Crippen molar-refractivity contribution < 1.29 is 26.7 Å². The van der Waals surface area contributed by atoms with Gasteiger partial charge in [0.15, 0.2) is 5.82 Å². The van der Waals surface area contributed by atoms with Crippen molar-refractivity contribution in [1.82, 2.24) is 4.98 Å². The molecular weight excluding hydrogens is 223 g/mol. The van der Waals surface area contributed by atoms with Crippen LogP contribution in [0.5, 0.6) is 5.88 Å². The number of nitrogens with zero attached hydrogens (tertiary/aromatic N) is 1.